The van der Waals surface area contributed by atoms with E-state index in [0.717, 1.165) is 56.6 Å². The molecular formula is C30H45N5O3. The van der Waals surface area contributed by atoms with Gasteiger partial charge in [-0.1, -0.05) is 38.6 Å². The number of piperidine rings is 1. The molecule has 208 valence electrons. The van der Waals surface area contributed by atoms with E-state index in [-0.39, 0.29) is 23.8 Å². The van der Waals surface area contributed by atoms with Crippen molar-refractivity contribution in [3.05, 3.63) is 53.9 Å². The van der Waals surface area contributed by atoms with Gasteiger partial charge < -0.3 is 19.9 Å². The molecule has 4 rings (SSSR count). The molecule has 2 N–H and O–H groups in total. The minimum absolute atomic E-state index is 0.00237. The molecule has 3 aliphatic rings. The zero-order chi connectivity index (χ0) is 27.1. The SMILES string of the molecule is C=C1NN(c2ccccc2)C(CCCCOC)=C1C(=O)N(CC(C)C)[C@@H]1CNC[C@H](C(=O)N2CCCC2)C1. The molecule has 0 radical (unpaired) electrons. The average molecular weight is 524 g/mol. The molecule has 3 aliphatic heterocycles. The molecule has 2 amide bonds. The Morgan fingerprint density at radius 2 is 1.87 bits per heavy atom. The smallest absolute Gasteiger partial charge is 0.258 e. The lowest BCUT2D eigenvalue weighted by atomic mass is 9.92. The van der Waals surface area contributed by atoms with E-state index in [2.05, 4.69) is 31.2 Å². The van der Waals surface area contributed by atoms with Crippen molar-refractivity contribution in [1.29, 1.82) is 0 Å². The lowest BCUT2D eigenvalue weighted by molar-refractivity contribution is -0.138. The molecule has 0 aromatic heterocycles. The van der Waals surface area contributed by atoms with Gasteiger partial charge in [-0.3, -0.25) is 20.0 Å². The van der Waals surface area contributed by atoms with E-state index in [9.17, 15) is 9.59 Å². The summed E-state index contributed by atoms with van der Waals surface area (Å²) in [6.45, 7) is 13.0. The fraction of sp³-hybridized carbons (Fsp3) is 0.600. The third-order valence-corrected chi connectivity index (χ3v) is 7.71. The molecule has 8 nitrogen and oxygen atoms in total. The third-order valence-electron chi connectivity index (χ3n) is 7.71. The van der Waals surface area contributed by atoms with Crippen LogP contribution in [-0.2, 0) is 14.3 Å². The van der Waals surface area contributed by atoms with Crippen molar-refractivity contribution in [1.82, 2.24) is 20.5 Å². The normalized spacial score (nSPS) is 21.8. The number of ether oxygens (including phenoxy) is 1. The summed E-state index contributed by atoms with van der Waals surface area (Å²) in [5, 5.41) is 5.48. The third kappa shape index (κ3) is 6.59. The zero-order valence-corrected chi connectivity index (χ0v) is 23.4. The van der Waals surface area contributed by atoms with Gasteiger partial charge in [-0.2, -0.15) is 0 Å². The maximum absolute atomic E-state index is 14.4. The molecule has 38 heavy (non-hydrogen) atoms. The lowest BCUT2D eigenvalue weighted by Crippen LogP contribution is -2.55. The summed E-state index contributed by atoms with van der Waals surface area (Å²) in [7, 11) is 1.72. The van der Waals surface area contributed by atoms with Gasteiger partial charge in [0.05, 0.1) is 28.6 Å². The molecule has 3 heterocycles. The highest BCUT2D eigenvalue weighted by Gasteiger charge is 2.39. The van der Waals surface area contributed by atoms with E-state index in [1.54, 1.807) is 7.11 Å². The van der Waals surface area contributed by atoms with Crippen molar-refractivity contribution in [2.45, 2.75) is 58.4 Å². The van der Waals surface area contributed by atoms with Gasteiger partial charge in [0.25, 0.3) is 5.91 Å². The number of carbonyl (C=O) groups is 2. The molecule has 2 atom stereocenters. The molecule has 0 spiro atoms. The Kier molecular flexibility index (Phi) is 9.86. The quantitative estimate of drug-likeness (QED) is 0.431. The van der Waals surface area contributed by atoms with Gasteiger partial charge in [-0.05, 0) is 56.6 Å². The van der Waals surface area contributed by atoms with Crippen LogP contribution in [0.25, 0.3) is 0 Å². The number of methoxy groups -OCH3 is 1. The largest absolute Gasteiger partial charge is 0.385 e. The number of amides is 2. The second-order valence-corrected chi connectivity index (χ2v) is 11.2. The van der Waals surface area contributed by atoms with Crippen molar-refractivity contribution >= 4 is 17.5 Å². The number of unbranched alkanes of at least 4 members (excludes halogenated alkanes) is 1. The highest BCUT2D eigenvalue weighted by Crippen LogP contribution is 2.34. The van der Waals surface area contributed by atoms with E-state index in [1.165, 1.54) is 0 Å². The molecule has 2 saturated heterocycles. The summed E-state index contributed by atoms with van der Waals surface area (Å²) in [6.07, 6.45) is 5.42. The fourth-order valence-electron chi connectivity index (χ4n) is 5.85. The van der Waals surface area contributed by atoms with Gasteiger partial charge in [0.2, 0.25) is 5.91 Å². The number of anilines is 1. The Bertz CT molecular complexity index is 1000. The van der Waals surface area contributed by atoms with Crippen LogP contribution in [0.3, 0.4) is 0 Å². The van der Waals surface area contributed by atoms with E-state index >= 15 is 0 Å². The highest BCUT2D eigenvalue weighted by atomic mass is 16.5. The maximum atomic E-state index is 14.4. The molecule has 0 bridgehead atoms. The summed E-state index contributed by atoms with van der Waals surface area (Å²) in [5.74, 6) is 0.434. The minimum Gasteiger partial charge on any atom is -0.385 e. The number of nitrogens with zero attached hydrogens (tertiary/aromatic N) is 3. The van der Waals surface area contributed by atoms with E-state index < -0.39 is 0 Å². The predicted octanol–water partition coefficient (Wildman–Crippen LogP) is 3.68. The fourth-order valence-corrected chi connectivity index (χ4v) is 5.85. The lowest BCUT2D eigenvalue weighted by Gasteiger charge is -2.39. The monoisotopic (exact) mass is 523 g/mol. The van der Waals surface area contributed by atoms with Crippen LogP contribution in [-0.4, -0.2) is 74.1 Å². The van der Waals surface area contributed by atoms with Crippen LogP contribution in [0.4, 0.5) is 5.69 Å². The van der Waals surface area contributed by atoms with Crippen molar-refractivity contribution in [3.8, 4) is 0 Å². The van der Waals surface area contributed by atoms with Crippen LogP contribution in [0, 0.1) is 11.8 Å². The number of benzene rings is 1. The molecule has 2 fully saturated rings. The number of hydrogen-bond acceptors (Lipinski definition) is 6. The topological polar surface area (TPSA) is 77.1 Å². The second-order valence-electron chi connectivity index (χ2n) is 11.2. The van der Waals surface area contributed by atoms with Crippen molar-refractivity contribution < 1.29 is 14.3 Å². The number of carbonyl (C=O) groups excluding carboxylic acids is 2. The molecule has 1 aromatic carbocycles. The van der Waals surface area contributed by atoms with Gasteiger partial charge in [-0.25, -0.2) is 0 Å². The van der Waals surface area contributed by atoms with Crippen LogP contribution in [0.1, 0.15) is 52.4 Å². The molecule has 0 aliphatic carbocycles. The molecule has 1 aromatic rings. The van der Waals surface area contributed by atoms with Crippen molar-refractivity contribution in [2.24, 2.45) is 11.8 Å². The Morgan fingerprint density at radius 1 is 1.13 bits per heavy atom. The van der Waals surface area contributed by atoms with Gasteiger partial charge in [-0.15, -0.1) is 0 Å². The standard InChI is InChI=1S/C30H45N5O3/c1-22(2)21-34(26-18-24(19-31-20-26)29(36)33-15-9-10-16-33)30(37)28-23(3)32-35(25-12-6-5-7-13-25)27(28)14-8-11-17-38-4/h5-7,12-13,22,24,26,31-32H,3,8-11,14-21H2,1-2,4H3/t24-,26+/m1/s1. The second kappa shape index (κ2) is 13.3. The first-order valence-corrected chi connectivity index (χ1v) is 14.2. The Labute approximate surface area is 228 Å². The molecule has 0 saturated carbocycles. The first-order valence-electron chi connectivity index (χ1n) is 14.2. The summed E-state index contributed by atoms with van der Waals surface area (Å²) >= 11 is 0. The van der Waals surface area contributed by atoms with Crippen LogP contribution < -0.4 is 15.8 Å². The van der Waals surface area contributed by atoms with Gasteiger partial charge in [0.15, 0.2) is 0 Å². The minimum atomic E-state index is -0.0949. The molecule has 8 heteroatoms. The zero-order valence-electron chi connectivity index (χ0n) is 23.4. The van der Waals surface area contributed by atoms with Gasteiger partial charge in [0.1, 0.15) is 0 Å². The maximum Gasteiger partial charge on any atom is 0.258 e. The van der Waals surface area contributed by atoms with E-state index in [0.29, 0.717) is 49.9 Å². The van der Waals surface area contributed by atoms with Crippen molar-refractivity contribution in [3.63, 3.8) is 0 Å². The molecular weight excluding hydrogens is 478 g/mol. The number of hydrogen-bond donors (Lipinski definition) is 2. The first kappa shape index (κ1) is 28.2. The number of para-hydroxylation sites is 1. The van der Waals surface area contributed by atoms with E-state index in [1.807, 2.05) is 45.1 Å². The highest BCUT2D eigenvalue weighted by molar-refractivity contribution is 6.00. The van der Waals surface area contributed by atoms with Crippen LogP contribution in [0.2, 0.25) is 0 Å². The summed E-state index contributed by atoms with van der Waals surface area (Å²) in [5.41, 5.74) is 6.58. The Balaban J connectivity index is 1.61. The average Bonchev–Trinajstić information content (AvgIpc) is 3.58. The Morgan fingerprint density at radius 3 is 2.55 bits per heavy atom. The van der Waals surface area contributed by atoms with E-state index in [4.69, 9.17) is 4.74 Å². The van der Waals surface area contributed by atoms with Crippen LogP contribution >= 0.6 is 0 Å². The number of allylic oxidation sites excluding steroid dienone is 1. The number of rotatable bonds is 11. The molecule has 0 unspecified atom stereocenters. The predicted molar refractivity (Wildman–Crippen MR) is 151 cm³/mol. The van der Waals surface area contributed by atoms with Gasteiger partial charge >= 0.3 is 0 Å². The summed E-state index contributed by atoms with van der Waals surface area (Å²) in [6, 6.07) is 10.0. The first-order chi connectivity index (χ1) is 18.4. The summed E-state index contributed by atoms with van der Waals surface area (Å²) in [4.78, 5) is 31.6. The number of nitrogens with one attached hydrogen (secondary N) is 2. The Hall–Kier alpha value is -2.84. The van der Waals surface area contributed by atoms with Crippen molar-refractivity contribution in [2.75, 3.05) is 51.4 Å². The number of likely N-dealkylation sites (tertiary alicyclic amines) is 1. The van der Waals surface area contributed by atoms with Gasteiger partial charge in [0, 0.05) is 52.5 Å². The number of hydrazine groups is 1. The van der Waals surface area contributed by atoms with Crippen LogP contribution in [0.15, 0.2) is 53.9 Å². The summed E-state index contributed by atoms with van der Waals surface area (Å²) < 4.78 is 5.26. The van der Waals surface area contributed by atoms with Crippen LogP contribution in [0.5, 0.6) is 0 Å².